The van der Waals surface area contributed by atoms with E-state index in [0.29, 0.717) is 13.0 Å². The highest BCUT2D eigenvalue weighted by Crippen LogP contribution is 2.38. The standard InChI is InChI=1S/C24H28F4N4O5.2C2H6/c1-13-11-35-17-9-14(18-29-19(37-30-18)24(26,27)28)8-16(25)15(17)10-32(13)20(33)23(5)6-7-31(12-23)21(34)36-22(2,3)4;2*1-2/h8-9,13H,6-7,10-12H2,1-5H3;2*1-2H3. The van der Waals surface area contributed by atoms with Crippen molar-refractivity contribution in [2.24, 2.45) is 5.41 Å². The van der Waals surface area contributed by atoms with Gasteiger partial charge in [-0.3, -0.25) is 4.79 Å². The van der Waals surface area contributed by atoms with Gasteiger partial charge in [-0.1, -0.05) is 32.9 Å². The van der Waals surface area contributed by atoms with Crippen LogP contribution in [0.2, 0.25) is 0 Å². The molecule has 0 aliphatic carbocycles. The first-order valence-electron chi connectivity index (χ1n) is 13.7. The number of halogens is 4. The highest BCUT2D eigenvalue weighted by molar-refractivity contribution is 5.84. The van der Waals surface area contributed by atoms with Crippen molar-refractivity contribution < 1.29 is 41.1 Å². The summed E-state index contributed by atoms with van der Waals surface area (Å²) in [6.07, 6.45) is -4.93. The fourth-order valence-electron chi connectivity index (χ4n) is 4.34. The molecule has 0 bridgehead atoms. The average Bonchev–Trinajstić information content (AvgIpc) is 3.52. The largest absolute Gasteiger partial charge is 0.491 e. The molecule has 2 unspecified atom stereocenters. The number of hydrogen-bond donors (Lipinski definition) is 0. The Kier molecular flexibility index (Phi) is 10.8. The van der Waals surface area contributed by atoms with Gasteiger partial charge in [0.1, 0.15) is 23.8 Å². The van der Waals surface area contributed by atoms with Gasteiger partial charge in [0.05, 0.1) is 18.0 Å². The van der Waals surface area contributed by atoms with Crippen LogP contribution in [0.5, 0.6) is 5.75 Å². The second kappa shape index (κ2) is 13.1. The molecule has 4 rings (SSSR count). The highest BCUT2D eigenvalue weighted by Gasteiger charge is 2.46. The summed E-state index contributed by atoms with van der Waals surface area (Å²) in [4.78, 5) is 32.5. The van der Waals surface area contributed by atoms with E-state index in [2.05, 4.69) is 14.7 Å². The Hall–Kier alpha value is -3.38. The number of nitrogens with zero attached hydrogens (tertiary/aromatic N) is 4. The predicted molar refractivity (Wildman–Crippen MR) is 143 cm³/mol. The second-order valence-electron chi connectivity index (χ2n) is 10.7. The molecule has 2 aliphatic heterocycles. The van der Waals surface area contributed by atoms with Gasteiger partial charge >= 0.3 is 18.2 Å². The molecule has 2 atom stereocenters. The average molecular weight is 589 g/mol. The van der Waals surface area contributed by atoms with Gasteiger partial charge in [0.15, 0.2) is 0 Å². The van der Waals surface area contributed by atoms with Crippen molar-refractivity contribution in [2.75, 3.05) is 19.7 Å². The number of rotatable bonds is 2. The van der Waals surface area contributed by atoms with Crippen molar-refractivity contribution in [3.05, 3.63) is 29.4 Å². The summed E-state index contributed by atoms with van der Waals surface area (Å²) in [5.74, 6) is -2.97. The van der Waals surface area contributed by atoms with E-state index in [1.165, 1.54) is 15.9 Å². The minimum Gasteiger partial charge on any atom is -0.491 e. The number of alkyl halides is 3. The lowest BCUT2D eigenvalue weighted by Crippen LogP contribution is -2.49. The van der Waals surface area contributed by atoms with Gasteiger partial charge < -0.3 is 23.8 Å². The van der Waals surface area contributed by atoms with Gasteiger partial charge in [0.2, 0.25) is 11.7 Å². The van der Waals surface area contributed by atoms with E-state index in [-0.39, 0.29) is 42.5 Å². The first-order valence-corrected chi connectivity index (χ1v) is 13.7. The number of fused-ring (bicyclic) bond motifs is 1. The molecule has 1 aromatic heterocycles. The molecule has 3 heterocycles. The molecule has 0 N–H and O–H groups in total. The number of aromatic nitrogens is 2. The molecular formula is C28H40F4N4O5. The number of amides is 2. The van der Waals surface area contributed by atoms with Crippen LogP contribution in [-0.4, -0.2) is 63.3 Å². The predicted octanol–water partition coefficient (Wildman–Crippen LogP) is 6.70. The molecule has 0 radical (unpaired) electrons. The van der Waals surface area contributed by atoms with E-state index in [1.807, 2.05) is 27.7 Å². The maximum Gasteiger partial charge on any atom is 0.471 e. The van der Waals surface area contributed by atoms with Crippen LogP contribution < -0.4 is 4.74 Å². The molecule has 1 aromatic carbocycles. The molecule has 1 saturated heterocycles. The third kappa shape index (κ3) is 7.88. The van der Waals surface area contributed by atoms with Crippen LogP contribution in [0.1, 0.15) is 80.2 Å². The van der Waals surface area contributed by atoms with Crippen molar-refractivity contribution in [2.45, 2.75) is 93.1 Å². The van der Waals surface area contributed by atoms with Gasteiger partial charge in [-0.15, -0.1) is 0 Å². The minimum absolute atomic E-state index is 0.0214. The van der Waals surface area contributed by atoms with E-state index in [4.69, 9.17) is 9.47 Å². The molecule has 2 amide bonds. The summed E-state index contributed by atoms with van der Waals surface area (Å²) in [6.45, 7) is 17.2. The molecule has 41 heavy (non-hydrogen) atoms. The molecule has 0 spiro atoms. The SMILES string of the molecule is CC.CC.CC1COc2cc(-c3noc(C(F)(F)F)n3)cc(F)c2CN1C(=O)C1(C)CCN(C(=O)OC(C)(C)C)C1. The molecule has 1 fully saturated rings. The van der Waals surface area contributed by atoms with E-state index in [9.17, 15) is 22.8 Å². The Labute approximate surface area is 238 Å². The van der Waals surface area contributed by atoms with E-state index < -0.39 is 46.9 Å². The van der Waals surface area contributed by atoms with Crippen LogP contribution in [0.25, 0.3) is 11.4 Å². The van der Waals surface area contributed by atoms with Gasteiger partial charge in [0, 0.05) is 24.2 Å². The Balaban J connectivity index is 0.00000141. The first-order chi connectivity index (χ1) is 19.1. The highest BCUT2D eigenvalue weighted by atomic mass is 19.4. The van der Waals surface area contributed by atoms with Crippen molar-refractivity contribution in [1.29, 1.82) is 0 Å². The Bertz CT molecular complexity index is 1210. The molecule has 9 nitrogen and oxygen atoms in total. The van der Waals surface area contributed by atoms with Gasteiger partial charge in [-0.25, -0.2) is 9.18 Å². The summed E-state index contributed by atoms with van der Waals surface area (Å²) in [7, 11) is 0. The lowest BCUT2D eigenvalue weighted by atomic mass is 9.87. The zero-order valence-corrected chi connectivity index (χ0v) is 25.1. The zero-order valence-electron chi connectivity index (χ0n) is 25.1. The van der Waals surface area contributed by atoms with E-state index >= 15 is 4.39 Å². The van der Waals surface area contributed by atoms with Crippen molar-refractivity contribution >= 4 is 12.0 Å². The Morgan fingerprint density at radius 3 is 2.32 bits per heavy atom. The monoisotopic (exact) mass is 588 g/mol. The third-order valence-corrected chi connectivity index (χ3v) is 6.32. The van der Waals surface area contributed by atoms with Crippen LogP contribution in [-0.2, 0) is 22.3 Å². The summed E-state index contributed by atoms with van der Waals surface area (Å²) in [6, 6.07) is 1.86. The second-order valence-corrected chi connectivity index (χ2v) is 10.7. The number of ether oxygens (including phenoxy) is 2. The topological polar surface area (TPSA) is 98.0 Å². The Morgan fingerprint density at radius 2 is 1.76 bits per heavy atom. The van der Waals surface area contributed by atoms with Crippen molar-refractivity contribution in [3.63, 3.8) is 0 Å². The van der Waals surface area contributed by atoms with Crippen molar-refractivity contribution in [3.8, 4) is 17.1 Å². The molecule has 13 heteroatoms. The maximum atomic E-state index is 15.2. The summed E-state index contributed by atoms with van der Waals surface area (Å²) < 4.78 is 69.1. The third-order valence-electron chi connectivity index (χ3n) is 6.32. The van der Waals surface area contributed by atoms with Gasteiger partial charge in [-0.05, 0) is 53.2 Å². The van der Waals surface area contributed by atoms with Crippen LogP contribution in [0, 0.1) is 11.2 Å². The quantitative estimate of drug-likeness (QED) is 0.360. The fourth-order valence-corrected chi connectivity index (χ4v) is 4.34. The molecular weight excluding hydrogens is 548 g/mol. The molecule has 2 aromatic rings. The summed E-state index contributed by atoms with van der Waals surface area (Å²) >= 11 is 0. The molecule has 230 valence electrons. The lowest BCUT2D eigenvalue weighted by molar-refractivity contribution is -0.159. The number of carbonyl (C=O) groups is 2. The van der Waals surface area contributed by atoms with Crippen molar-refractivity contribution in [1.82, 2.24) is 19.9 Å². The Morgan fingerprint density at radius 1 is 1.12 bits per heavy atom. The van der Waals surface area contributed by atoms with E-state index in [0.717, 1.165) is 6.07 Å². The van der Waals surface area contributed by atoms with Crippen LogP contribution in [0.15, 0.2) is 16.7 Å². The van der Waals surface area contributed by atoms with Crippen LogP contribution >= 0.6 is 0 Å². The number of benzene rings is 1. The summed E-state index contributed by atoms with van der Waals surface area (Å²) in [5, 5.41) is 3.29. The number of carbonyl (C=O) groups excluding carboxylic acids is 2. The molecule has 0 saturated carbocycles. The normalized spacial score (nSPS) is 20.5. The van der Waals surface area contributed by atoms with Crippen LogP contribution in [0.3, 0.4) is 0 Å². The molecule has 2 aliphatic rings. The lowest BCUT2D eigenvalue weighted by Gasteiger charge is -2.34. The zero-order chi connectivity index (χ0) is 31.3. The fraction of sp³-hybridized carbons (Fsp3) is 0.643. The number of likely N-dealkylation sites (tertiary alicyclic amines) is 1. The number of hydrogen-bond acceptors (Lipinski definition) is 7. The van der Waals surface area contributed by atoms with Crippen LogP contribution in [0.4, 0.5) is 22.4 Å². The van der Waals surface area contributed by atoms with E-state index in [1.54, 1.807) is 34.6 Å². The smallest absolute Gasteiger partial charge is 0.471 e. The summed E-state index contributed by atoms with van der Waals surface area (Å²) in [5.41, 5.74) is -1.57. The van der Waals surface area contributed by atoms with Gasteiger partial charge in [0.25, 0.3) is 0 Å². The maximum absolute atomic E-state index is 15.2. The van der Waals surface area contributed by atoms with Gasteiger partial charge in [-0.2, -0.15) is 18.2 Å². The minimum atomic E-state index is -4.84. The first kappa shape index (κ1) is 33.8.